The number of hydrogen-bond donors (Lipinski definition) is 2. The standard InChI is InChI=1S/C10H18N2O3/c13-8-2-1-4-12(7-8)10(14)9-6-11-3-5-15-9/h8-9,11,13H,1-7H2/t8-,9?/m0/s1. The molecule has 5 nitrogen and oxygen atoms in total. The summed E-state index contributed by atoms with van der Waals surface area (Å²) in [5.74, 6) is 0.0148. The van der Waals surface area contributed by atoms with Crippen molar-refractivity contribution in [1.29, 1.82) is 0 Å². The van der Waals surface area contributed by atoms with Crippen molar-refractivity contribution in [3.63, 3.8) is 0 Å². The molecular weight excluding hydrogens is 196 g/mol. The van der Waals surface area contributed by atoms with Crippen molar-refractivity contribution >= 4 is 5.91 Å². The molecule has 0 spiro atoms. The van der Waals surface area contributed by atoms with E-state index >= 15 is 0 Å². The Morgan fingerprint density at radius 2 is 2.40 bits per heavy atom. The normalized spacial score (nSPS) is 32.7. The molecule has 1 amide bonds. The molecule has 2 atom stereocenters. The fourth-order valence-electron chi connectivity index (χ4n) is 2.08. The van der Waals surface area contributed by atoms with Gasteiger partial charge in [-0.1, -0.05) is 0 Å². The summed E-state index contributed by atoms with van der Waals surface area (Å²) < 4.78 is 5.39. The number of nitrogens with zero attached hydrogens (tertiary/aromatic N) is 1. The third kappa shape index (κ3) is 2.68. The molecular formula is C10H18N2O3. The lowest BCUT2D eigenvalue weighted by Crippen LogP contribution is -2.52. The minimum Gasteiger partial charge on any atom is -0.391 e. The van der Waals surface area contributed by atoms with Crippen LogP contribution in [0.1, 0.15) is 12.8 Å². The van der Waals surface area contributed by atoms with E-state index in [0.717, 1.165) is 25.9 Å². The molecule has 1 unspecified atom stereocenters. The SMILES string of the molecule is O=C(C1CNCCO1)N1CCC[C@H](O)C1. The largest absolute Gasteiger partial charge is 0.391 e. The van der Waals surface area contributed by atoms with Gasteiger partial charge in [0.05, 0.1) is 12.7 Å². The summed E-state index contributed by atoms with van der Waals surface area (Å²) >= 11 is 0. The minimum atomic E-state index is -0.362. The molecule has 0 aromatic heterocycles. The number of ether oxygens (including phenoxy) is 1. The molecule has 5 heteroatoms. The molecule has 2 fully saturated rings. The summed E-state index contributed by atoms with van der Waals surface area (Å²) in [6.45, 7) is 3.19. The minimum absolute atomic E-state index is 0.0148. The number of carbonyl (C=O) groups excluding carboxylic acids is 1. The first-order chi connectivity index (χ1) is 7.27. The van der Waals surface area contributed by atoms with Crippen molar-refractivity contribution in [2.45, 2.75) is 25.0 Å². The van der Waals surface area contributed by atoms with E-state index in [0.29, 0.717) is 19.7 Å². The number of aliphatic hydroxyl groups excluding tert-OH is 1. The molecule has 2 rings (SSSR count). The number of β-amino-alcohol motifs (C(OH)–C–C–N with tert-alkyl or cyclic N) is 1. The molecule has 0 aromatic rings. The molecule has 2 aliphatic rings. The van der Waals surface area contributed by atoms with Crippen LogP contribution in [0, 0.1) is 0 Å². The summed E-state index contributed by atoms with van der Waals surface area (Å²) in [4.78, 5) is 13.7. The topological polar surface area (TPSA) is 61.8 Å². The summed E-state index contributed by atoms with van der Waals surface area (Å²) in [5.41, 5.74) is 0. The number of piperidine rings is 1. The second-order valence-corrected chi connectivity index (χ2v) is 4.14. The Morgan fingerprint density at radius 1 is 1.53 bits per heavy atom. The van der Waals surface area contributed by atoms with Crippen molar-refractivity contribution in [2.75, 3.05) is 32.8 Å². The van der Waals surface area contributed by atoms with Crippen molar-refractivity contribution in [1.82, 2.24) is 10.2 Å². The maximum atomic E-state index is 11.9. The number of morpholine rings is 1. The monoisotopic (exact) mass is 214 g/mol. The van der Waals surface area contributed by atoms with E-state index < -0.39 is 0 Å². The summed E-state index contributed by atoms with van der Waals surface area (Å²) in [5, 5.41) is 12.6. The lowest BCUT2D eigenvalue weighted by atomic mass is 10.1. The molecule has 0 bridgehead atoms. The third-order valence-corrected chi connectivity index (χ3v) is 2.91. The fraction of sp³-hybridized carbons (Fsp3) is 0.900. The molecule has 0 aliphatic carbocycles. The van der Waals surface area contributed by atoms with E-state index in [1.165, 1.54) is 0 Å². The highest BCUT2D eigenvalue weighted by Crippen LogP contribution is 2.12. The van der Waals surface area contributed by atoms with Gasteiger partial charge in [0.2, 0.25) is 0 Å². The van der Waals surface area contributed by atoms with Crippen molar-refractivity contribution in [3.8, 4) is 0 Å². The van der Waals surface area contributed by atoms with Crippen molar-refractivity contribution in [3.05, 3.63) is 0 Å². The van der Waals surface area contributed by atoms with Crippen LogP contribution in [0.5, 0.6) is 0 Å². The number of aliphatic hydroxyl groups is 1. The molecule has 2 heterocycles. The van der Waals surface area contributed by atoms with Gasteiger partial charge < -0.3 is 20.1 Å². The molecule has 0 saturated carbocycles. The zero-order valence-electron chi connectivity index (χ0n) is 8.82. The zero-order chi connectivity index (χ0) is 10.7. The van der Waals surface area contributed by atoms with Crippen LogP contribution in [0.15, 0.2) is 0 Å². The first kappa shape index (κ1) is 10.9. The highest BCUT2D eigenvalue weighted by Gasteiger charge is 2.29. The number of rotatable bonds is 1. The Labute approximate surface area is 89.4 Å². The van der Waals surface area contributed by atoms with Crippen LogP contribution in [0.4, 0.5) is 0 Å². The second-order valence-electron chi connectivity index (χ2n) is 4.14. The maximum absolute atomic E-state index is 11.9. The van der Waals surface area contributed by atoms with Crippen LogP contribution < -0.4 is 5.32 Å². The number of likely N-dealkylation sites (tertiary alicyclic amines) is 1. The zero-order valence-corrected chi connectivity index (χ0v) is 8.82. The maximum Gasteiger partial charge on any atom is 0.253 e. The number of carbonyl (C=O) groups is 1. The van der Waals surface area contributed by atoms with Crippen LogP contribution >= 0.6 is 0 Å². The summed E-state index contributed by atoms with van der Waals surface area (Å²) in [7, 11) is 0. The van der Waals surface area contributed by atoms with Crippen LogP contribution in [-0.4, -0.2) is 60.9 Å². The average Bonchev–Trinajstić information content (AvgIpc) is 2.29. The Morgan fingerprint density at radius 3 is 3.07 bits per heavy atom. The number of hydrogen-bond acceptors (Lipinski definition) is 4. The molecule has 2 saturated heterocycles. The van der Waals surface area contributed by atoms with Crippen LogP contribution in [0.25, 0.3) is 0 Å². The average molecular weight is 214 g/mol. The predicted molar refractivity (Wildman–Crippen MR) is 54.4 cm³/mol. The van der Waals surface area contributed by atoms with Crippen molar-refractivity contribution < 1.29 is 14.6 Å². The lowest BCUT2D eigenvalue weighted by Gasteiger charge is -2.34. The molecule has 2 aliphatic heterocycles. The van der Waals surface area contributed by atoms with Gasteiger partial charge in [0.1, 0.15) is 6.10 Å². The predicted octanol–water partition coefficient (Wildman–Crippen LogP) is -1.04. The first-order valence-corrected chi connectivity index (χ1v) is 5.56. The Hall–Kier alpha value is -0.650. The van der Waals surface area contributed by atoms with E-state index in [2.05, 4.69) is 5.32 Å². The van der Waals surface area contributed by atoms with Crippen molar-refractivity contribution in [2.24, 2.45) is 0 Å². The van der Waals surface area contributed by atoms with Gasteiger partial charge in [-0.3, -0.25) is 4.79 Å². The Kier molecular flexibility index (Phi) is 3.56. The van der Waals surface area contributed by atoms with E-state index in [9.17, 15) is 9.90 Å². The summed E-state index contributed by atoms with van der Waals surface area (Å²) in [6.07, 6.45) is 0.962. The highest BCUT2D eigenvalue weighted by atomic mass is 16.5. The number of amides is 1. The van der Waals surface area contributed by atoms with Crippen LogP contribution in [0.2, 0.25) is 0 Å². The van der Waals surface area contributed by atoms with E-state index in [1.54, 1.807) is 4.90 Å². The Balaban J connectivity index is 1.88. The molecule has 0 aromatic carbocycles. The molecule has 0 radical (unpaired) electrons. The first-order valence-electron chi connectivity index (χ1n) is 5.56. The van der Waals surface area contributed by atoms with Gasteiger partial charge in [0, 0.05) is 26.2 Å². The van der Waals surface area contributed by atoms with Gasteiger partial charge in [-0.05, 0) is 12.8 Å². The van der Waals surface area contributed by atoms with Gasteiger partial charge in [0.15, 0.2) is 0 Å². The van der Waals surface area contributed by atoms with E-state index in [4.69, 9.17) is 4.74 Å². The molecule has 86 valence electrons. The van der Waals surface area contributed by atoms with E-state index in [1.807, 2.05) is 0 Å². The Bertz CT molecular complexity index is 229. The third-order valence-electron chi connectivity index (χ3n) is 2.91. The quantitative estimate of drug-likeness (QED) is 0.585. The summed E-state index contributed by atoms with van der Waals surface area (Å²) in [6, 6.07) is 0. The van der Waals surface area contributed by atoms with Crippen LogP contribution in [0.3, 0.4) is 0 Å². The van der Waals surface area contributed by atoms with E-state index in [-0.39, 0.29) is 18.1 Å². The van der Waals surface area contributed by atoms with Crippen LogP contribution in [-0.2, 0) is 9.53 Å². The van der Waals surface area contributed by atoms with Gasteiger partial charge >= 0.3 is 0 Å². The number of nitrogens with one attached hydrogen (secondary N) is 1. The molecule has 2 N–H and O–H groups in total. The molecule has 15 heavy (non-hydrogen) atoms. The fourth-order valence-corrected chi connectivity index (χ4v) is 2.08. The van der Waals surface area contributed by atoms with Gasteiger partial charge in [-0.25, -0.2) is 0 Å². The van der Waals surface area contributed by atoms with Gasteiger partial charge in [-0.15, -0.1) is 0 Å². The lowest BCUT2D eigenvalue weighted by molar-refractivity contribution is -0.148. The second kappa shape index (κ2) is 4.92. The van der Waals surface area contributed by atoms with Gasteiger partial charge in [0.25, 0.3) is 5.91 Å². The smallest absolute Gasteiger partial charge is 0.253 e. The van der Waals surface area contributed by atoms with Gasteiger partial charge in [-0.2, -0.15) is 0 Å². The highest BCUT2D eigenvalue weighted by molar-refractivity contribution is 5.81.